The molecular formula is C12H24N4S. The van der Waals surface area contributed by atoms with E-state index in [1.54, 1.807) is 0 Å². The lowest BCUT2D eigenvalue weighted by molar-refractivity contribution is 0.600. The van der Waals surface area contributed by atoms with Crippen LogP contribution in [0, 0.1) is 6.92 Å². The molecule has 0 atom stereocenters. The van der Waals surface area contributed by atoms with E-state index in [1.807, 2.05) is 23.4 Å². The molecule has 0 aromatic carbocycles. The Morgan fingerprint density at radius 2 is 2.12 bits per heavy atom. The third kappa shape index (κ3) is 3.56. The van der Waals surface area contributed by atoms with Crippen molar-refractivity contribution in [1.29, 1.82) is 0 Å². The third-order valence-corrected chi connectivity index (χ3v) is 4.09. The van der Waals surface area contributed by atoms with Crippen molar-refractivity contribution in [2.24, 2.45) is 0 Å². The van der Waals surface area contributed by atoms with E-state index in [0.717, 1.165) is 36.7 Å². The van der Waals surface area contributed by atoms with Crippen molar-refractivity contribution in [3.05, 3.63) is 5.69 Å². The van der Waals surface area contributed by atoms with Gasteiger partial charge in [0.05, 0.1) is 11.4 Å². The maximum absolute atomic E-state index is 6.05. The van der Waals surface area contributed by atoms with Crippen LogP contribution >= 0.6 is 11.8 Å². The van der Waals surface area contributed by atoms with Crippen molar-refractivity contribution in [3.63, 3.8) is 0 Å². The summed E-state index contributed by atoms with van der Waals surface area (Å²) in [6.45, 7) is 10.3. The Hall–Kier alpha value is -0.840. The van der Waals surface area contributed by atoms with E-state index in [1.165, 1.54) is 0 Å². The molecule has 0 saturated heterocycles. The van der Waals surface area contributed by atoms with Crippen molar-refractivity contribution in [3.8, 4) is 0 Å². The van der Waals surface area contributed by atoms with Gasteiger partial charge in [0.1, 0.15) is 5.82 Å². The molecule has 0 aliphatic heterocycles. The molecule has 0 saturated carbocycles. The van der Waals surface area contributed by atoms with Gasteiger partial charge < -0.3 is 11.1 Å². The van der Waals surface area contributed by atoms with Crippen molar-refractivity contribution in [1.82, 2.24) is 9.78 Å². The zero-order chi connectivity index (χ0) is 13.1. The van der Waals surface area contributed by atoms with Gasteiger partial charge in [-0.3, -0.25) is 0 Å². The number of thioether (sulfide) groups is 1. The van der Waals surface area contributed by atoms with Gasteiger partial charge in [-0.15, -0.1) is 0 Å². The number of anilines is 2. The van der Waals surface area contributed by atoms with Crippen molar-refractivity contribution in [2.75, 3.05) is 23.9 Å². The third-order valence-electron chi connectivity index (χ3n) is 2.84. The van der Waals surface area contributed by atoms with Crippen LogP contribution in [0.5, 0.6) is 0 Å². The highest BCUT2D eigenvalue weighted by atomic mass is 32.2. The Kier molecular flexibility index (Phi) is 4.74. The largest absolute Gasteiger partial charge is 0.394 e. The molecule has 3 N–H and O–H groups in total. The second-order valence-corrected chi connectivity index (χ2v) is 6.40. The summed E-state index contributed by atoms with van der Waals surface area (Å²) in [6, 6.07) is 0. The number of nitrogens with two attached hydrogens (primary N) is 1. The number of nitrogens with zero attached hydrogens (tertiary/aromatic N) is 2. The molecule has 5 heteroatoms. The first kappa shape index (κ1) is 14.2. The fourth-order valence-electron chi connectivity index (χ4n) is 1.52. The van der Waals surface area contributed by atoms with Gasteiger partial charge >= 0.3 is 0 Å². The van der Waals surface area contributed by atoms with E-state index in [4.69, 9.17) is 5.73 Å². The van der Waals surface area contributed by atoms with E-state index in [0.29, 0.717) is 0 Å². The predicted molar refractivity (Wildman–Crippen MR) is 77.8 cm³/mol. The second kappa shape index (κ2) is 5.67. The predicted octanol–water partition coefficient (Wildman–Crippen LogP) is 2.74. The highest BCUT2D eigenvalue weighted by Crippen LogP contribution is 2.26. The van der Waals surface area contributed by atoms with E-state index in [2.05, 4.69) is 37.4 Å². The molecule has 1 aromatic heterocycles. The van der Waals surface area contributed by atoms with Crippen LogP contribution in [0.15, 0.2) is 0 Å². The number of nitrogens with one attached hydrogen (secondary N) is 1. The molecule has 1 heterocycles. The quantitative estimate of drug-likeness (QED) is 0.821. The summed E-state index contributed by atoms with van der Waals surface area (Å²) >= 11 is 1.85. The molecule has 1 rings (SSSR count). The Bertz CT molecular complexity index is 371. The summed E-state index contributed by atoms with van der Waals surface area (Å²) in [4.78, 5) is 0. The Labute approximate surface area is 108 Å². The lowest BCUT2D eigenvalue weighted by atomic mass is 10.2. The summed E-state index contributed by atoms with van der Waals surface area (Å²) in [5.74, 6) is 0.964. The zero-order valence-electron chi connectivity index (χ0n) is 11.5. The minimum atomic E-state index is 0.196. The number of rotatable bonds is 6. The SMILES string of the molecule is CCCn1nc(C)c(N)c1NCC(C)(C)SC. The molecular weight excluding hydrogens is 232 g/mol. The topological polar surface area (TPSA) is 55.9 Å². The van der Waals surface area contributed by atoms with E-state index in [-0.39, 0.29) is 4.75 Å². The highest BCUT2D eigenvalue weighted by Gasteiger charge is 2.18. The molecule has 98 valence electrons. The van der Waals surface area contributed by atoms with Crippen molar-refractivity contribution >= 4 is 23.3 Å². The first-order valence-corrected chi connectivity index (χ1v) is 7.25. The summed E-state index contributed by atoms with van der Waals surface area (Å²) in [5, 5.41) is 7.88. The van der Waals surface area contributed by atoms with Crippen LogP contribution in [0.4, 0.5) is 11.5 Å². The van der Waals surface area contributed by atoms with E-state index < -0.39 is 0 Å². The first-order valence-electron chi connectivity index (χ1n) is 6.03. The first-order chi connectivity index (χ1) is 7.91. The smallest absolute Gasteiger partial charge is 0.148 e. The lowest BCUT2D eigenvalue weighted by Crippen LogP contribution is -2.27. The van der Waals surface area contributed by atoms with Crippen LogP contribution in [0.2, 0.25) is 0 Å². The second-order valence-electron chi connectivity index (χ2n) is 4.89. The van der Waals surface area contributed by atoms with Gasteiger partial charge in [0.2, 0.25) is 0 Å². The van der Waals surface area contributed by atoms with Crippen LogP contribution in [-0.2, 0) is 6.54 Å². The normalized spacial score (nSPS) is 11.8. The maximum atomic E-state index is 6.05. The van der Waals surface area contributed by atoms with Gasteiger partial charge in [-0.25, -0.2) is 4.68 Å². The summed E-state index contributed by atoms with van der Waals surface area (Å²) in [7, 11) is 0. The number of aromatic nitrogens is 2. The van der Waals surface area contributed by atoms with Crippen LogP contribution in [0.25, 0.3) is 0 Å². The van der Waals surface area contributed by atoms with Crippen LogP contribution in [-0.4, -0.2) is 27.3 Å². The number of hydrogen-bond acceptors (Lipinski definition) is 4. The summed E-state index contributed by atoms with van der Waals surface area (Å²) < 4.78 is 2.17. The molecule has 0 fully saturated rings. The van der Waals surface area contributed by atoms with Crippen LogP contribution in [0.1, 0.15) is 32.9 Å². The number of hydrogen-bond donors (Lipinski definition) is 2. The lowest BCUT2D eigenvalue weighted by Gasteiger charge is -2.23. The fourth-order valence-corrected chi connectivity index (χ4v) is 1.74. The van der Waals surface area contributed by atoms with Gasteiger partial charge in [-0.1, -0.05) is 6.92 Å². The Balaban J connectivity index is 2.82. The molecule has 17 heavy (non-hydrogen) atoms. The molecule has 0 bridgehead atoms. The fraction of sp³-hybridized carbons (Fsp3) is 0.750. The summed E-state index contributed by atoms with van der Waals surface area (Å²) in [6.07, 6.45) is 3.18. The van der Waals surface area contributed by atoms with Crippen LogP contribution in [0.3, 0.4) is 0 Å². The molecule has 0 amide bonds. The average molecular weight is 256 g/mol. The Morgan fingerprint density at radius 1 is 1.47 bits per heavy atom. The van der Waals surface area contributed by atoms with Crippen molar-refractivity contribution in [2.45, 2.75) is 45.4 Å². The van der Waals surface area contributed by atoms with Gasteiger partial charge in [0, 0.05) is 17.8 Å². The van der Waals surface area contributed by atoms with Gasteiger partial charge in [-0.05, 0) is 33.4 Å². The van der Waals surface area contributed by atoms with E-state index in [9.17, 15) is 0 Å². The monoisotopic (exact) mass is 256 g/mol. The zero-order valence-corrected chi connectivity index (χ0v) is 12.3. The minimum absolute atomic E-state index is 0.196. The molecule has 4 nitrogen and oxygen atoms in total. The number of aryl methyl sites for hydroxylation is 2. The standard InChI is InChI=1S/C12H24N4S/c1-6-7-16-11(10(13)9(2)15-16)14-8-12(3,4)17-5/h14H,6-8,13H2,1-5H3. The molecule has 0 unspecified atom stereocenters. The molecule has 1 aromatic rings. The highest BCUT2D eigenvalue weighted by molar-refractivity contribution is 7.99. The molecule has 0 radical (unpaired) electrons. The molecule has 0 spiro atoms. The van der Waals surface area contributed by atoms with Crippen molar-refractivity contribution < 1.29 is 0 Å². The molecule has 0 aliphatic carbocycles. The minimum Gasteiger partial charge on any atom is -0.394 e. The van der Waals surface area contributed by atoms with Gasteiger partial charge in [-0.2, -0.15) is 16.9 Å². The Morgan fingerprint density at radius 3 is 2.65 bits per heavy atom. The van der Waals surface area contributed by atoms with E-state index >= 15 is 0 Å². The average Bonchev–Trinajstić information content (AvgIpc) is 2.53. The maximum Gasteiger partial charge on any atom is 0.148 e. The van der Waals surface area contributed by atoms with Crippen LogP contribution < -0.4 is 11.1 Å². The van der Waals surface area contributed by atoms with Gasteiger partial charge in [0.15, 0.2) is 0 Å². The van der Waals surface area contributed by atoms with Gasteiger partial charge in [0.25, 0.3) is 0 Å². The summed E-state index contributed by atoms with van der Waals surface area (Å²) in [5.41, 5.74) is 7.73. The number of nitrogen functional groups attached to an aromatic ring is 1. The molecule has 0 aliphatic rings.